The molecule has 0 aliphatic rings. The standard InChI is InChI=1S/C17H18/c1-4-5-6-7-15-8-9-17-14(3)10-13(2)11-16(17)12-15/h4-6,8-12H,1,7H2,2-3H3/b6-5-. The first-order chi connectivity index (χ1) is 8.20. The van der Waals surface area contributed by atoms with E-state index in [-0.39, 0.29) is 0 Å². The average Bonchev–Trinajstić information content (AvgIpc) is 2.28. The summed E-state index contributed by atoms with van der Waals surface area (Å²) in [5, 5.41) is 2.69. The minimum Gasteiger partial charge on any atom is -0.0991 e. The van der Waals surface area contributed by atoms with Crippen molar-refractivity contribution in [3.63, 3.8) is 0 Å². The van der Waals surface area contributed by atoms with Crippen molar-refractivity contribution < 1.29 is 0 Å². The molecule has 2 aromatic carbocycles. The SMILES string of the molecule is C=C/C=C\Cc1ccc2c(C)cc(C)cc2c1. The fourth-order valence-corrected chi connectivity index (χ4v) is 2.22. The zero-order chi connectivity index (χ0) is 12.3. The predicted octanol–water partition coefficient (Wildman–Crippen LogP) is 4.74. The van der Waals surface area contributed by atoms with Gasteiger partial charge in [-0.05, 0) is 42.2 Å². The molecule has 0 aliphatic carbocycles. The van der Waals surface area contributed by atoms with Crippen LogP contribution in [-0.2, 0) is 6.42 Å². The molecule has 0 bridgehead atoms. The van der Waals surface area contributed by atoms with Gasteiger partial charge in [0.25, 0.3) is 0 Å². The van der Waals surface area contributed by atoms with Crippen molar-refractivity contribution in [2.45, 2.75) is 20.3 Å². The van der Waals surface area contributed by atoms with Gasteiger partial charge in [0.15, 0.2) is 0 Å². The zero-order valence-corrected chi connectivity index (χ0v) is 10.5. The first-order valence-electron chi connectivity index (χ1n) is 5.98. The lowest BCUT2D eigenvalue weighted by Gasteiger charge is -2.06. The lowest BCUT2D eigenvalue weighted by atomic mass is 9.99. The number of aryl methyl sites for hydroxylation is 2. The lowest BCUT2D eigenvalue weighted by Crippen LogP contribution is -1.85. The highest BCUT2D eigenvalue weighted by Crippen LogP contribution is 2.22. The maximum Gasteiger partial charge on any atom is -0.00941 e. The number of hydrogen-bond donors (Lipinski definition) is 0. The summed E-state index contributed by atoms with van der Waals surface area (Å²) in [6, 6.07) is 11.2. The summed E-state index contributed by atoms with van der Waals surface area (Å²) in [6.07, 6.45) is 6.91. The van der Waals surface area contributed by atoms with Crippen LogP contribution in [0.5, 0.6) is 0 Å². The van der Waals surface area contributed by atoms with Crippen LogP contribution in [0.1, 0.15) is 16.7 Å². The van der Waals surface area contributed by atoms with E-state index in [1.807, 2.05) is 12.2 Å². The van der Waals surface area contributed by atoms with E-state index < -0.39 is 0 Å². The Morgan fingerprint density at radius 3 is 2.71 bits per heavy atom. The van der Waals surface area contributed by atoms with E-state index in [0.29, 0.717) is 0 Å². The summed E-state index contributed by atoms with van der Waals surface area (Å²) in [5.74, 6) is 0. The van der Waals surface area contributed by atoms with Crippen molar-refractivity contribution in [1.29, 1.82) is 0 Å². The van der Waals surface area contributed by atoms with Crippen molar-refractivity contribution in [3.8, 4) is 0 Å². The third-order valence-electron chi connectivity index (χ3n) is 2.99. The second-order valence-corrected chi connectivity index (χ2v) is 4.51. The maximum absolute atomic E-state index is 3.68. The third kappa shape index (κ3) is 2.65. The van der Waals surface area contributed by atoms with Gasteiger partial charge >= 0.3 is 0 Å². The van der Waals surface area contributed by atoms with Crippen LogP contribution in [0, 0.1) is 13.8 Å². The number of allylic oxidation sites excluding steroid dienone is 3. The van der Waals surface area contributed by atoms with Crippen molar-refractivity contribution in [1.82, 2.24) is 0 Å². The molecular formula is C17H18. The number of hydrogen-bond acceptors (Lipinski definition) is 0. The van der Waals surface area contributed by atoms with Gasteiger partial charge in [0.2, 0.25) is 0 Å². The van der Waals surface area contributed by atoms with Gasteiger partial charge in [-0.3, -0.25) is 0 Å². The van der Waals surface area contributed by atoms with Gasteiger partial charge in [0, 0.05) is 0 Å². The van der Waals surface area contributed by atoms with E-state index in [4.69, 9.17) is 0 Å². The molecule has 2 aromatic rings. The Hall–Kier alpha value is -1.82. The summed E-state index contributed by atoms with van der Waals surface area (Å²) in [4.78, 5) is 0. The lowest BCUT2D eigenvalue weighted by molar-refractivity contribution is 1.28. The Morgan fingerprint density at radius 2 is 1.94 bits per heavy atom. The van der Waals surface area contributed by atoms with Crippen molar-refractivity contribution in [2.24, 2.45) is 0 Å². The van der Waals surface area contributed by atoms with Crippen LogP contribution in [0.2, 0.25) is 0 Å². The normalized spacial score (nSPS) is 11.2. The molecule has 86 valence electrons. The first-order valence-corrected chi connectivity index (χ1v) is 5.98. The van der Waals surface area contributed by atoms with Crippen molar-refractivity contribution >= 4 is 10.8 Å². The van der Waals surface area contributed by atoms with Crippen LogP contribution in [0.15, 0.2) is 55.1 Å². The van der Waals surface area contributed by atoms with E-state index in [2.05, 4.69) is 56.8 Å². The summed E-state index contributed by atoms with van der Waals surface area (Å²) >= 11 is 0. The van der Waals surface area contributed by atoms with Gasteiger partial charge in [0.1, 0.15) is 0 Å². The highest BCUT2D eigenvalue weighted by molar-refractivity contribution is 5.86. The topological polar surface area (TPSA) is 0 Å². The van der Waals surface area contributed by atoms with Crippen LogP contribution in [-0.4, -0.2) is 0 Å². The van der Waals surface area contributed by atoms with Crippen LogP contribution < -0.4 is 0 Å². The maximum atomic E-state index is 3.68. The van der Waals surface area contributed by atoms with E-state index in [1.54, 1.807) is 0 Å². The van der Waals surface area contributed by atoms with Gasteiger partial charge in [-0.25, -0.2) is 0 Å². The summed E-state index contributed by atoms with van der Waals surface area (Å²) in [6.45, 7) is 8.00. The molecule has 0 saturated heterocycles. The minimum absolute atomic E-state index is 0.967. The first kappa shape index (κ1) is 11.7. The highest BCUT2D eigenvalue weighted by atomic mass is 14.0. The van der Waals surface area contributed by atoms with Crippen molar-refractivity contribution in [3.05, 3.63) is 71.8 Å². The van der Waals surface area contributed by atoms with Crippen LogP contribution in [0.4, 0.5) is 0 Å². The summed E-state index contributed by atoms with van der Waals surface area (Å²) in [5.41, 5.74) is 4.03. The highest BCUT2D eigenvalue weighted by Gasteiger charge is 1.99. The Morgan fingerprint density at radius 1 is 1.12 bits per heavy atom. The molecule has 0 unspecified atom stereocenters. The average molecular weight is 222 g/mol. The number of benzene rings is 2. The second kappa shape index (κ2) is 5.01. The summed E-state index contributed by atoms with van der Waals surface area (Å²) in [7, 11) is 0. The van der Waals surface area contributed by atoms with Crippen LogP contribution in [0.25, 0.3) is 10.8 Å². The zero-order valence-electron chi connectivity index (χ0n) is 10.5. The minimum atomic E-state index is 0.967. The van der Waals surface area contributed by atoms with E-state index >= 15 is 0 Å². The number of fused-ring (bicyclic) bond motifs is 1. The second-order valence-electron chi connectivity index (χ2n) is 4.51. The molecule has 2 rings (SSSR count). The molecule has 0 spiro atoms. The molecule has 0 fully saturated rings. The molecule has 0 saturated carbocycles. The summed E-state index contributed by atoms with van der Waals surface area (Å²) < 4.78 is 0. The van der Waals surface area contributed by atoms with Gasteiger partial charge in [0.05, 0.1) is 0 Å². The molecule has 0 nitrogen and oxygen atoms in total. The van der Waals surface area contributed by atoms with Gasteiger partial charge in [-0.2, -0.15) is 0 Å². The van der Waals surface area contributed by atoms with Crippen LogP contribution >= 0.6 is 0 Å². The molecule has 0 aromatic heterocycles. The molecule has 0 heterocycles. The molecule has 0 atom stereocenters. The molecule has 17 heavy (non-hydrogen) atoms. The third-order valence-corrected chi connectivity index (χ3v) is 2.99. The molecular weight excluding hydrogens is 204 g/mol. The van der Waals surface area contributed by atoms with Gasteiger partial charge < -0.3 is 0 Å². The van der Waals surface area contributed by atoms with Gasteiger partial charge in [-0.1, -0.05) is 60.7 Å². The van der Waals surface area contributed by atoms with E-state index in [0.717, 1.165) is 6.42 Å². The smallest absolute Gasteiger partial charge is 0.00941 e. The molecule has 0 radical (unpaired) electrons. The Labute approximate surface area is 103 Å². The monoisotopic (exact) mass is 222 g/mol. The van der Waals surface area contributed by atoms with Crippen LogP contribution in [0.3, 0.4) is 0 Å². The Balaban J connectivity index is 2.42. The fourth-order valence-electron chi connectivity index (χ4n) is 2.22. The molecule has 0 aliphatic heterocycles. The number of rotatable bonds is 3. The Kier molecular flexibility index (Phi) is 3.43. The molecule has 0 amide bonds. The van der Waals surface area contributed by atoms with E-state index in [1.165, 1.54) is 27.5 Å². The fraction of sp³-hybridized carbons (Fsp3) is 0.176. The molecule has 0 heteroatoms. The predicted molar refractivity (Wildman–Crippen MR) is 76.5 cm³/mol. The van der Waals surface area contributed by atoms with Gasteiger partial charge in [-0.15, -0.1) is 0 Å². The van der Waals surface area contributed by atoms with Crippen molar-refractivity contribution in [2.75, 3.05) is 0 Å². The largest absolute Gasteiger partial charge is 0.0991 e. The van der Waals surface area contributed by atoms with E-state index in [9.17, 15) is 0 Å². The quantitative estimate of drug-likeness (QED) is 0.658. The molecule has 0 N–H and O–H groups in total. The Bertz CT molecular complexity index is 574.